The predicted molar refractivity (Wildman–Crippen MR) is 130 cm³/mol. The molecule has 2 aliphatic rings. The number of aliphatic hydroxyl groups is 1. The number of hydrogen-bond acceptors (Lipinski definition) is 6. The van der Waals surface area contributed by atoms with E-state index in [4.69, 9.17) is 32.7 Å². The summed E-state index contributed by atoms with van der Waals surface area (Å²) in [5, 5.41) is 11.8. The molecule has 2 saturated heterocycles. The molecule has 34 heavy (non-hydrogen) atoms. The first kappa shape index (κ1) is 24.5. The van der Waals surface area contributed by atoms with Crippen molar-refractivity contribution < 1.29 is 24.2 Å². The maximum atomic E-state index is 13.1. The molecule has 1 N–H and O–H groups in total. The van der Waals surface area contributed by atoms with Gasteiger partial charge in [0.2, 0.25) is 0 Å². The second-order valence-corrected chi connectivity index (χ2v) is 9.02. The molecule has 180 valence electrons. The molecule has 7 nitrogen and oxygen atoms in total. The minimum Gasteiger partial charge on any atom is -0.507 e. The average molecular weight is 505 g/mol. The summed E-state index contributed by atoms with van der Waals surface area (Å²) >= 11 is 12.4. The van der Waals surface area contributed by atoms with Crippen molar-refractivity contribution in [2.75, 3.05) is 46.5 Å². The fourth-order valence-electron chi connectivity index (χ4n) is 4.33. The van der Waals surface area contributed by atoms with E-state index in [0.717, 1.165) is 19.6 Å². The number of ketones is 1. The highest BCUT2D eigenvalue weighted by atomic mass is 35.5. The van der Waals surface area contributed by atoms with E-state index in [9.17, 15) is 14.7 Å². The third kappa shape index (κ3) is 5.08. The lowest BCUT2D eigenvalue weighted by atomic mass is 9.95. The lowest BCUT2D eigenvalue weighted by molar-refractivity contribution is -0.140. The average Bonchev–Trinajstić information content (AvgIpc) is 3.11. The molecule has 0 aliphatic carbocycles. The fourth-order valence-corrected chi connectivity index (χ4v) is 4.64. The summed E-state index contributed by atoms with van der Waals surface area (Å²) < 4.78 is 10.6. The molecule has 0 saturated carbocycles. The topological polar surface area (TPSA) is 79.3 Å². The molecule has 1 atom stereocenters. The zero-order chi connectivity index (χ0) is 24.2. The molecule has 2 heterocycles. The molecule has 4 rings (SSSR count). The Morgan fingerprint density at radius 2 is 1.76 bits per heavy atom. The Morgan fingerprint density at radius 3 is 2.41 bits per heavy atom. The summed E-state index contributed by atoms with van der Waals surface area (Å²) in [6, 6.07) is 10.9. The molecular weight excluding hydrogens is 479 g/mol. The number of likely N-dealkylation sites (tertiary alicyclic amines) is 1. The largest absolute Gasteiger partial charge is 0.507 e. The Balaban J connectivity index is 1.69. The molecule has 9 heteroatoms. The van der Waals surface area contributed by atoms with Crippen LogP contribution in [0.5, 0.6) is 5.75 Å². The molecule has 0 unspecified atom stereocenters. The van der Waals surface area contributed by atoms with Crippen LogP contribution in [0.25, 0.3) is 5.76 Å². The molecule has 0 bridgehead atoms. The molecular formula is C25H26Cl2N2O5. The summed E-state index contributed by atoms with van der Waals surface area (Å²) in [6.07, 6.45) is 0.674. The molecule has 0 radical (unpaired) electrons. The zero-order valence-corrected chi connectivity index (χ0v) is 20.3. The van der Waals surface area contributed by atoms with Crippen LogP contribution in [-0.2, 0) is 14.3 Å². The highest BCUT2D eigenvalue weighted by Crippen LogP contribution is 2.41. The van der Waals surface area contributed by atoms with Gasteiger partial charge in [-0.1, -0.05) is 29.3 Å². The number of ether oxygens (including phenoxy) is 2. The van der Waals surface area contributed by atoms with Gasteiger partial charge in [-0.2, -0.15) is 0 Å². The van der Waals surface area contributed by atoms with Crippen molar-refractivity contribution in [3.63, 3.8) is 0 Å². The number of hydrogen-bond donors (Lipinski definition) is 1. The summed E-state index contributed by atoms with van der Waals surface area (Å²) in [5.41, 5.74) is 1.05. The first-order valence-electron chi connectivity index (χ1n) is 11.1. The van der Waals surface area contributed by atoms with E-state index in [0.29, 0.717) is 53.1 Å². The fraction of sp³-hybridized carbons (Fsp3) is 0.360. The van der Waals surface area contributed by atoms with Gasteiger partial charge in [0.15, 0.2) is 0 Å². The van der Waals surface area contributed by atoms with Crippen LogP contribution in [-0.4, -0.2) is 73.1 Å². The van der Waals surface area contributed by atoms with E-state index in [1.165, 1.54) is 4.90 Å². The van der Waals surface area contributed by atoms with Gasteiger partial charge < -0.3 is 19.5 Å². The minimum absolute atomic E-state index is 0.0277. The summed E-state index contributed by atoms with van der Waals surface area (Å²) in [4.78, 5) is 30.0. The lowest BCUT2D eigenvalue weighted by Crippen LogP contribution is -2.38. The normalized spacial score (nSPS) is 20.7. The van der Waals surface area contributed by atoms with Crippen LogP contribution in [0.3, 0.4) is 0 Å². The van der Waals surface area contributed by atoms with Gasteiger partial charge in [0.05, 0.1) is 42.0 Å². The van der Waals surface area contributed by atoms with Crippen molar-refractivity contribution >= 4 is 40.7 Å². The SMILES string of the molecule is COc1ccc(/C(O)=C2\C(=O)C(=O)N(CCCN3CCOCC3)[C@@H]2c2ccc(Cl)c(Cl)c2)cc1. The maximum Gasteiger partial charge on any atom is 0.295 e. The van der Waals surface area contributed by atoms with Crippen LogP contribution in [0, 0.1) is 0 Å². The number of carbonyl (C=O) groups is 2. The third-order valence-corrected chi connectivity index (χ3v) is 6.88. The maximum absolute atomic E-state index is 13.1. The van der Waals surface area contributed by atoms with Gasteiger partial charge in [-0.15, -0.1) is 0 Å². The molecule has 2 aliphatic heterocycles. The number of Topliss-reactive ketones (excluding diaryl/α,β-unsaturated/α-hetero) is 1. The van der Waals surface area contributed by atoms with Crippen molar-refractivity contribution in [1.29, 1.82) is 0 Å². The van der Waals surface area contributed by atoms with E-state index in [1.807, 2.05) is 0 Å². The summed E-state index contributed by atoms with van der Waals surface area (Å²) in [7, 11) is 1.54. The number of halogens is 2. The first-order valence-corrected chi connectivity index (χ1v) is 11.8. The number of nitrogens with zero attached hydrogens (tertiary/aromatic N) is 2. The van der Waals surface area contributed by atoms with Crippen molar-refractivity contribution in [3.05, 3.63) is 69.2 Å². The highest BCUT2D eigenvalue weighted by Gasteiger charge is 2.46. The number of aliphatic hydroxyl groups excluding tert-OH is 1. The van der Waals surface area contributed by atoms with Gasteiger partial charge >= 0.3 is 0 Å². The van der Waals surface area contributed by atoms with Gasteiger partial charge in [0.1, 0.15) is 11.5 Å². The van der Waals surface area contributed by atoms with E-state index in [2.05, 4.69) is 4.90 Å². The van der Waals surface area contributed by atoms with E-state index in [-0.39, 0.29) is 11.3 Å². The monoisotopic (exact) mass is 504 g/mol. The van der Waals surface area contributed by atoms with Crippen molar-refractivity contribution in [2.45, 2.75) is 12.5 Å². The Bertz CT molecular complexity index is 1100. The van der Waals surface area contributed by atoms with E-state index >= 15 is 0 Å². The lowest BCUT2D eigenvalue weighted by Gasteiger charge is -2.29. The van der Waals surface area contributed by atoms with Crippen LogP contribution in [0.15, 0.2) is 48.0 Å². The molecule has 2 aromatic carbocycles. The van der Waals surface area contributed by atoms with Crippen LogP contribution < -0.4 is 4.74 Å². The number of carbonyl (C=O) groups excluding carboxylic acids is 2. The quantitative estimate of drug-likeness (QED) is 0.346. The molecule has 2 fully saturated rings. The number of methoxy groups -OCH3 is 1. The Kier molecular flexibility index (Phi) is 7.78. The van der Waals surface area contributed by atoms with Crippen molar-refractivity contribution in [3.8, 4) is 5.75 Å². The zero-order valence-electron chi connectivity index (χ0n) is 18.8. The number of morpholine rings is 1. The van der Waals surface area contributed by atoms with Gasteiger partial charge in [-0.05, 0) is 48.4 Å². The van der Waals surface area contributed by atoms with Crippen LogP contribution in [0.1, 0.15) is 23.6 Å². The second kappa shape index (κ2) is 10.8. The van der Waals surface area contributed by atoms with Crippen molar-refractivity contribution in [1.82, 2.24) is 9.80 Å². The van der Waals surface area contributed by atoms with Crippen LogP contribution in [0.4, 0.5) is 0 Å². The molecule has 0 aromatic heterocycles. The predicted octanol–water partition coefficient (Wildman–Crippen LogP) is 4.15. The molecule has 2 aromatic rings. The third-order valence-electron chi connectivity index (χ3n) is 6.14. The van der Waals surface area contributed by atoms with Gasteiger partial charge in [0.25, 0.3) is 11.7 Å². The number of benzene rings is 2. The van der Waals surface area contributed by atoms with E-state index < -0.39 is 17.7 Å². The smallest absolute Gasteiger partial charge is 0.295 e. The number of amides is 1. The van der Waals surface area contributed by atoms with Crippen LogP contribution >= 0.6 is 23.2 Å². The molecule has 1 amide bonds. The van der Waals surface area contributed by atoms with Gasteiger partial charge in [0, 0.05) is 31.7 Å². The first-order chi connectivity index (χ1) is 16.4. The van der Waals surface area contributed by atoms with Gasteiger partial charge in [-0.25, -0.2) is 0 Å². The Hall–Kier alpha value is -2.58. The standard InChI is InChI=1S/C25H26Cl2N2O5/c1-33-18-6-3-16(4-7-18)23(30)21-22(17-5-8-19(26)20(27)15-17)29(25(32)24(21)31)10-2-9-28-11-13-34-14-12-28/h3-8,15,22,30H,2,9-14H2,1H3/b23-21+/t22-/m1/s1. The summed E-state index contributed by atoms with van der Waals surface area (Å²) in [6.45, 7) is 4.19. The Morgan fingerprint density at radius 1 is 1.06 bits per heavy atom. The summed E-state index contributed by atoms with van der Waals surface area (Å²) in [5.74, 6) is -1.00. The molecule has 0 spiro atoms. The Labute approximate surface area is 208 Å². The van der Waals surface area contributed by atoms with Crippen LogP contribution in [0.2, 0.25) is 10.0 Å². The second-order valence-electron chi connectivity index (χ2n) is 8.20. The van der Waals surface area contributed by atoms with E-state index in [1.54, 1.807) is 49.6 Å². The van der Waals surface area contributed by atoms with Crippen molar-refractivity contribution in [2.24, 2.45) is 0 Å². The minimum atomic E-state index is -0.776. The highest BCUT2D eigenvalue weighted by molar-refractivity contribution is 6.46. The number of rotatable bonds is 7. The van der Waals surface area contributed by atoms with Gasteiger partial charge in [-0.3, -0.25) is 14.5 Å².